The van der Waals surface area contributed by atoms with E-state index < -0.39 is 0 Å². The van der Waals surface area contributed by atoms with E-state index in [9.17, 15) is 0 Å². The maximum absolute atomic E-state index is 5.35. The summed E-state index contributed by atoms with van der Waals surface area (Å²) in [6, 6.07) is 16.7. The molecule has 3 heteroatoms. The lowest BCUT2D eigenvalue weighted by molar-refractivity contribution is 0.354. The number of methoxy groups -OCH3 is 2. The van der Waals surface area contributed by atoms with Crippen molar-refractivity contribution in [1.82, 2.24) is 6.15 Å². The Hall–Kier alpha value is -2.00. The van der Waals surface area contributed by atoms with Crippen molar-refractivity contribution in [2.24, 2.45) is 0 Å². The summed E-state index contributed by atoms with van der Waals surface area (Å²) in [6.45, 7) is 2.23. The fraction of sp³-hybridized carbons (Fsp3) is 0.294. The van der Waals surface area contributed by atoms with Crippen LogP contribution in [0.5, 0.6) is 11.5 Å². The van der Waals surface area contributed by atoms with Gasteiger partial charge in [0.2, 0.25) is 0 Å². The minimum Gasteiger partial charge on any atom is -0.493 e. The average Bonchev–Trinajstić information content (AvgIpc) is 2.47. The molecule has 2 aromatic rings. The molecule has 2 rings (SSSR count). The van der Waals surface area contributed by atoms with Gasteiger partial charge in [-0.1, -0.05) is 43.3 Å². The lowest BCUT2D eigenvalue weighted by Gasteiger charge is -2.15. The predicted octanol–water partition coefficient (Wildman–Crippen LogP) is 4.21. The van der Waals surface area contributed by atoms with Crippen molar-refractivity contribution in [3.63, 3.8) is 0 Å². The standard InChI is InChI=1S/C17H20O2.H3N/c1-13(11-14-7-5-4-6-8-14)15-9-10-16(18-2)17(12-15)19-3;/h4-10,12-13H,11H2,1-3H3;1H3. The molecule has 0 fully saturated rings. The molecular formula is C17H23NO2. The molecule has 0 bridgehead atoms. The maximum Gasteiger partial charge on any atom is 0.160 e. The van der Waals surface area contributed by atoms with Crippen LogP contribution in [0.1, 0.15) is 24.0 Å². The van der Waals surface area contributed by atoms with Gasteiger partial charge in [0.1, 0.15) is 0 Å². The Morgan fingerprint density at radius 2 is 1.55 bits per heavy atom. The van der Waals surface area contributed by atoms with Crippen LogP contribution in [0.3, 0.4) is 0 Å². The van der Waals surface area contributed by atoms with Gasteiger partial charge in [-0.05, 0) is 35.6 Å². The molecule has 0 aliphatic carbocycles. The molecule has 0 radical (unpaired) electrons. The zero-order valence-corrected chi connectivity index (χ0v) is 12.4. The van der Waals surface area contributed by atoms with Crippen LogP contribution in [0.2, 0.25) is 0 Å². The summed E-state index contributed by atoms with van der Waals surface area (Å²) in [5.74, 6) is 2.01. The van der Waals surface area contributed by atoms with Crippen molar-refractivity contribution in [3.8, 4) is 11.5 Å². The summed E-state index contributed by atoms with van der Waals surface area (Å²) >= 11 is 0. The van der Waals surface area contributed by atoms with E-state index in [-0.39, 0.29) is 6.15 Å². The van der Waals surface area contributed by atoms with Crippen LogP contribution in [0.25, 0.3) is 0 Å². The maximum atomic E-state index is 5.35. The van der Waals surface area contributed by atoms with E-state index in [1.807, 2.05) is 12.1 Å². The van der Waals surface area contributed by atoms with Crippen LogP contribution < -0.4 is 15.6 Å². The van der Waals surface area contributed by atoms with E-state index in [1.54, 1.807) is 14.2 Å². The van der Waals surface area contributed by atoms with Crippen LogP contribution in [0.15, 0.2) is 48.5 Å². The number of hydrogen-bond donors (Lipinski definition) is 1. The van der Waals surface area contributed by atoms with Gasteiger partial charge in [0, 0.05) is 0 Å². The van der Waals surface area contributed by atoms with E-state index >= 15 is 0 Å². The molecule has 0 spiro atoms. The summed E-state index contributed by atoms with van der Waals surface area (Å²) in [5, 5.41) is 0. The summed E-state index contributed by atoms with van der Waals surface area (Å²) in [7, 11) is 3.33. The number of ether oxygens (including phenoxy) is 2. The Balaban J connectivity index is 0.00000200. The zero-order chi connectivity index (χ0) is 13.7. The molecule has 0 saturated carbocycles. The monoisotopic (exact) mass is 273 g/mol. The number of rotatable bonds is 5. The second-order valence-corrected chi connectivity index (χ2v) is 4.71. The predicted molar refractivity (Wildman–Crippen MR) is 83.1 cm³/mol. The fourth-order valence-corrected chi connectivity index (χ4v) is 2.24. The average molecular weight is 273 g/mol. The first-order valence-electron chi connectivity index (χ1n) is 6.50. The number of hydrogen-bond acceptors (Lipinski definition) is 3. The van der Waals surface area contributed by atoms with E-state index in [0.29, 0.717) is 5.92 Å². The molecule has 108 valence electrons. The van der Waals surface area contributed by atoms with E-state index in [1.165, 1.54) is 11.1 Å². The number of benzene rings is 2. The highest BCUT2D eigenvalue weighted by atomic mass is 16.5. The smallest absolute Gasteiger partial charge is 0.160 e. The van der Waals surface area contributed by atoms with Crippen molar-refractivity contribution in [3.05, 3.63) is 59.7 Å². The molecule has 0 aliphatic heterocycles. The second kappa shape index (κ2) is 7.56. The molecule has 3 nitrogen and oxygen atoms in total. The molecule has 0 aliphatic rings. The molecule has 2 aromatic carbocycles. The summed E-state index contributed by atoms with van der Waals surface area (Å²) in [5.41, 5.74) is 2.62. The molecule has 0 heterocycles. The van der Waals surface area contributed by atoms with Gasteiger partial charge in [-0.15, -0.1) is 0 Å². The van der Waals surface area contributed by atoms with Crippen LogP contribution in [-0.4, -0.2) is 14.2 Å². The fourth-order valence-electron chi connectivity index (χ4n) is 2.24. The van der Waals surface area contributed by atoms with Crippen LogP contribution in [-0.2, 0) is 6.42 Å². The van der Waals surface area contributed by atoms with Crippen molar-refractivity contribution in [2.45, 2.75) is 19.3 Å². The minimum absolute atomic E-state index is 0. The molecule has 1 atom stereocenters. The topological polar surface area (TPSA) is 53.5 Å². The first kappa shape index (κ1) is 16.1. The SMILES string of the molecule is COc1ccc(C(C)Cc2ccccc2)cc1OC.N. The lowest BCUT2D eigenvalue weighted by Crippen LogP contribution is -2.00. The van der Waals surface area contributed by atoms with Gasteiger partial charge >= 0.3 is 0 Å². The lowest BCUT2D eigenvalue weighted by atomic mass is 9.93. The second-order valence-electron chi connectivity index (χ2n) is 4.71. The highest BCUT2D eigenvalue weighted by molar-refractivity contribution is 5.44. The Bertz CT molecular complexity index is 526. The normalized spacial score (nSPS) is 11.3. The van der Waals surface area contributed by atoms with Crippen LogP contribution in [0.4, 0.5) is 0 Å². The van der Waals surface area contributed by atoms with Gasteiger partial charge in [0.15, 0.2) is 11.5 Å². The minimum atomic E-state index is 0. The zero-order valence-electron chi connectivity index (χ0n) is 12.4. The Labute approximate surface area is 121 Å². The third-order valence-corrected chi connectivity index (χ3v) is 3.36. The molecular weight excluding hydrogens is 250 g/mol. The van der Waals surface area contributed by atoms with Crippen LogP contribution in [0, 0.1) is 0 Å². The van der Waals surface area contributed by atoms with Gasteiger partial charge in [-0.2, -0.15) is 0 Å². The summed E-state index contributed by atoms with van der Waals surface area (Å²) in [6.07, 6.45) is 1.02. The molecule has 0 saturated heterocycles. The van der Waals surface area contributed by atoms with Crippen molar-refractivity contribution < 1.29 is 9.47 Å². The highest BCUT2D eigenvalue weighted by Gasteiger charge is 2.10. The first-order valence-corrected chi connectivity index (χ1v) is 6.50. The van der Waals surface area contributed by atoms with Gasteiger partial charge < -0.3 is 15.6 Å². The summed E-state index contributed by atoms with van der Waals surface area (Å²) in [4.78, 5) is 0. The third-order valence-electron chi connectivity index (χ3n) is 3.36. The van der Waals surface area contributed by atoms with Gasteiger partial charge in [-0.3, -0.25) is 0 Å². The molecule has 20 heavy (non-hydrogen) atoms. The van der Waals surface area contributed by atoms with Crippen LogP contribution >= 0.6 is 0 Å². The Morgan fingerprint density at radius 1 is 0.900 bits per heavy atom. The Kier molecular flexibility index (Phi) is 6.07. The molecule has 0 amide bonds. The quantitative estimate of drug-likeness (QED) is 0.887. The molecule has 3 N–H and O–H groups in total. The van der Waals surface area contributed by atoms with Gasteiger partial charge in [-0.25, -0.2) is 0 Å². The van der Waals surface area contributed by atoms with Crippen molar-refractivity contribution >= 4 is 0 Å². The molecule has 0 aromatic heterocycles. The van der Waals surface area contributed by atoms with Crippen molar-refractivity contribution in [2.75, 3.05) is 14.2 Å². The van der Waals surface area contributed by atoms with E-state index in [0.717, 1.165) is 17.9 Å². The first-order chi connectivity index (χ1) is 9.24. The largest absolute Gasteiger partial charge is 0.493 e. The Morgan fingerprint density at radius 3 is 2.15 bits per heavy atom. The molecule has 1 unspecified atom stereocenters. The van der Waals surface area contributed by atoms with E-state index in [2.05, 4.69) is 43.3 Å². The van der Waals surface area contributed by atoms with E-state index in [4.69, 9.17) is 9.47 Å². The van der Waals surface area contributed by atoms with Crippen molar-refractivity contribution in [1.29, 1.82) is 0 Å². The van der Waals surface area contributed by atoms with Gasteiger partial charge in [0.05, 0.1) is 14.2 Å². The third kappa shape index (κ3) is 3.75. The highest BCUT2D eigenvalue weighted by Crippen LogP contribution is 2.31. The van der Waals surface area contributed by atoms with Gasteiger partial charge in [0.25, 0.3) is 0 Å². The summed E-state index contributed by atoms with van der Waals surface area (Å²) < 4.78 is 10.6.